The standard InChI is InChI=1S/C15H21FN2O/c1-11-6-5-7-12(2)18(11)15(19)17-10-13-8-3-4-9-14(13)16/h3-4,8-9,11-12H,5-7,10H2,1-2H3,(H,17,19). The molecule has 1 heterocycles. The Hall–Kier alpha value is -1.58. The molecule has 1 N–H and O–H groups in total. The first kappa shape index (κ1) is 13.8. The highest BCUT2D eigenvalue weighted by Gasteiger charge is 2.28. The van der Waals surface area contributed by atoms with E-state index in [0.717, 1.165) is 12.8 Å². The Bertz CT molecular complexity index is 440. The normalized spacial score (nSPS) is 23.2. The molecule has 104 valence electrons. The highest BCUT2D eigenvalue weighted by atomic mass is 19.1. The lowest BCUT2D eigenvalue weighted by Gasteiger charge is -2.38. The molecule has 2 rings (SSSR count). The molecule has 19 heavy (non-hydrogen) atoms. The number of nitrogens with one attached hydrogen (secondary N) is 1. The average Bonchev–Trinajstić information content (AvgIpc) is 2.37. The minimum Gasteiger partial charge on any atom is -0.334 e. The van der Waals surface area contributed by atoms with Gasteiger partial charge in [-0.2, -0.15) is 0 Å². The number of halogens is 1. The fourth-order valence-corrected chi connectivity index (χ4v) is 2.73. The topological polar surface area (TPSA) is 32.3 Å². The summed E-state index contributed by atoms with van der Waals surface area (Å²) in [6, 6.07) is 6.94. The number of likely N-dealkylation sites (tertiary alicyclic amines) is 1. The number of hydrogen-bond acceptors (Lipinski definition) is 1. The Morgan fingerprint density at radius 1 is 1.32 bits per heavy atom. The first-order chi connectivity index (χ1) is 9.09. The van der Waals surface area contributed by atoms with Gasteiger partial charge in [-0.25, -0.2) is 9.18 Å². The summed E-state index contributed by atoms with van der Waals surface area (Å²) in [6.07, 6.45) is 3.24. The van der Waals surface area contributed by atoms with Gasteiger partial charge in [0, 0.05) is 24.2 Å². The Balaban J connectivity index is 1.95. The van der Waals surface area contributed by atoms with E-state index in [0.29, 0.717) is 5.56 Å². The fourth-order valence-electron chi connectivity index (χ4n) is 2.73. The zero-order valence-corrected chi connectivity index (χ0v) is 11.5. The number of carbonyl (C=O) groups is 1. The van der Waals surface area contributed by atoms with E-state index in [9.17, 15) is 9.18 Å². The van der Waals surface area contributed by atoms with E-state index in [2.05, 4.69) is 19.2 Å². The molecule has 2 atom stereocenters. The third kappa shape index (κ3) is 3.25. The van der Waals surface area contributed by atoms with Crippen LogP contribution in [0, 0.1) is 5.82 Å². The van der Waals surface area contributed by atoms with Gasteiger partial charge in [-0.15, -0.1) is 0 Å². The van der Waals surface area contributed by atoms with E-state index in [-0.39, 0.29) is 30.5 Å². The van der Waals surface area contributed by atoms with E-state index in [1.807, 2.05) is 4.90 Å². The largest absolute Gasteiger partial charge is 0.334 e. The molecular formula is C15H21FN2O. The minimum atomic E-state index is -0.275. The van der Waals surface area contributed by atoms with Gasteiger partial charge in [0.15, 0.2) is 0 Å². The second kappa shape index (κ2) is 6.04. The van der Waals surface area contributed by atoms with Crippen molar-refractivity contribution in [2.75, 3.05) is 0 Å². The van der Waals surface area contributed by atoms with Gasteiger partial charge in [-0.05, 0) is 39.2 Å². The maximum atomic E-state index is 13.5. The summed E-state index contributed by atoms with van der Waals surface area (Å²) in [7, 11) is 0. The molecule has 3 nitrogen and oxygen atoms in total. The van der Waals surface area contributed by atoms with Gasteiger partial charge in [0.1, 0.15) is 5.82 Å². The summed E-state index contributed by atoms with van der Waals surface area (Å²) in [5.41, 5.74) is 0.521. The molecule has 0 aliphatic carbocycles. The number of amides is 2. The predicted octanol–water partition coefficient (Wildman–Crippen LogP) is 3.30. The number of urea groups is 1. The van der Waals surface area contributed by atoms with Crippen LogP contribution in [0.1, 0.15) is 38.7 Å². The van der Waals surface area contributed by atoms with E-state index in [1.54, 1.807) is 18.2 Å². The zero-order chi connectivity index (χ0) is 13.8. The Morgan fingerprint density at radius 3 is 2.58 bits per heavy atom. The van der Waals surface area contributed by atoms with E-state index in [4.69, 9.17) is 0 Å². The molecule has 0 aromatic heterocycles. The number of piperidine rings is 1. The molecule has 1 saturated heterocycles. The number of hydrogen-bond donors (Lipinski definition) is 1. The first-order valence-corrected chi connectivity index (χ1v) is 6.89. The number of rotatable bonds is 2. The maximum absolute atomic E-state index is 13.5. The molecule has 1 fully saturated rings. The third-order valence-corrected chi connectivity index (χ3v) is 3.82. The van der Waals surface area contributed by atoms with Crippen LogP contribution in [-0.4, -0.2) is 23.0 Å². The molecule has 0 spiro atoms. The molecule has 1 aromatic carbocycles. The highest BCUT2D eigenvalue weighted by molar-refractivity contribution is 5.75. The molecule has 2 unspecified atom stereocenters. The lowest BCUT2D eigenvalue weighted by atomic mass is 9.98. The van der Waals surface area contributed by atoms with E-state index >= 15 is 0 Å². The van der Waals surface area contributed by atoms with Crippen molar-refractivity contribution in [1.82, 2.24) is 10.2 Å². The SMILES string of the molecule is CC1CCCC(C)N1C(=O)NCc1ccccc1F. The van der Waals surface area contributed by atoms with Gasteiger partial charge in [-0.1, -0.05) is 18.2 Å². The van der Waals surface area contributed by atoms with Crippen LogP contribution in [0.25, 0.3) is 0 Å². The van der Waals surface area contributed by atoms with Gasteiger partial charge in [0.2, 0.25) is 0 Å². The summed E-state index contributed by atoms with van der Waals surface area (Å²) in [6.45, 7) is 4.37. The third-order valence-electron chi connectivity index (χ3n) is 3.82. The molecule has 1 aliphatic heterocycles. The van der Waals surface area contributed by atoms with Crippen molar-refractivity contribution in [2.24, 2.45) is 0 Å². The van der Waals surface area contributed by atoms with Crippen LogP contribution in [0.2, 0.25) is 0 Å². The molecule has 0 saturated carbocycles. The summed E-state index contributed by atoms with van der Waals surface area (Å²) >= 11 is 0. The zero-order valence-electron chi connectivity index (χ0n) is 11.5. The fraction of sp³-hybridized carbons (Fsp3) is 0.533. The molecular weight excluding hydrogens is 243 g/mol. The minimum absolute atomic E-state index is 0.0945. The Morgan fingerprint density at radius 2 is 1.95 bits per heavy atom. The Kier molecular flexibility index (Phi) is 4.40. The predicted molar refractivity (Wildman–Crippen MR) is 73.2 cm³/mol. The van der Waals surface area contributed by atoms with Crippen LogP contribution in [0.5, 0.6) is 0 Å². The molecule has 0 bridgehead atoms. The summed E-state index contributed by atoms with van der Waals surface area (Å²) in [5, 5.41) is 2.82. The van der Waals surface area contributed by atoms with Crippen molar-refractivity contribution in [3.8, 4) is 0 Å². The molecule has 2 amide bonds. The van der Waals surface area contributed by atoms with Crippen molar-refractivity contribution in [3.05, 3.63) is 35.6 Å². The van der Waals surface area contributed by atoms with E-state index < -0.39 is 0 Å². The second-order valence-electron chi connectivity index (χ2n) is 5.29. The lowest BCUT2D eigenvalue weighted by molar-refractivity contribution is 0.122. The monoisotopic (exact) mass is 264 g/mol. The summed E-state index contributed by atoms with van der Waals surface area (Å²) < 4.78 is 13.5. The van der Waals surface area contributed by atoms with E-state index in [1.165, 1.54) is 12.5 Å². The first-order valence-electron chi connectivity index (χ1n) is 6.89. The maximum Gasteiger partial charge on any atom is 0.318 e. The van der Waals surface area contributed by atoms with Crippen molar-refractivity contribution >= 4 is 6.03 Å². The highest BCUT2D eigenvalue weighted by Crippen LogP contribution is 2.22. The number of nitrogens with zero attached hydrogens (tertiary/aromatic N) is 1. The van der Waals surface area contributed by atoms with Crippen molar-refractivity contribution < 1.29 is 9.18 Å². The van der Waals surface area contributed by atoms with Gasteiger partial charge in [-0.3, -0.25) is 0 Å². The van der Waals surface area contributed by atoms with Crippen molar-refractivity contribution in [3.63, 3.8) is 0 Å². The smallest absolute Gasteiger partial charge is 0.318 e. The van der Waals surface area contributed by atoms with Gasteiger partial charge < -0.3 is 10.2 Å². The van der Waals surface area contributed by atoms with Crippen LogP contribution < -0.4 is 5.32 Å². The Labute approximate surface area is 113 Å². The number of benzene rings is 1. The van der Waals surface area contributed by atoms with Crippen molar-refractivity contribution in [1.29, 1.82) is 0 Å². The molecule has 0 radical (unpaired) electrons. The molecule has 1 aliphatic rings. The van der Waals surface area contributed by atoms with Crippen LogP contribution >= 0.6 is 0 Å². The van der Waals surface area contributed by atoms with Gasteiger partial charge in [0.25, 0.3) is 0 Å². The van der Waals surface area contributed by atoms with Crippen molar-refractivity contribution in [2.45, 2.75) is 51.7 Å². The number of carbonyl (C=O) groups excluding carboxylic acids is 1. The van der Waals surface area contributed by atoms with Crippen LogP contribution in [-0.2, 0) is 6.54 Å². The average molecular weight is 264 g/mol. The van der Waals surface area contributed by atoms with Crippen LogP contribution in [0.4, 0.5) is 9.18 Å². The van der Waals surface area contributed by atoms with Crippen LogP contribution in [0.15, 0.2) is 24.3 Å². The molecule has 4 heteroatoms. The van der Waals surface area contributed by atoms with Crippen LogP contribution in [0.3, 0.4) is 0 Å². The summed E-state index contributed by atoms with van der Waals surface area (Å²) in [4.78, 5) is 14.1. The van der Waals surface area contributed by atoms with Gasteiger partial charge >= 0.3 is 6.03 Å². The molecule has 1 aromatic rings. The second-order valence-corrected chi connectivity index (χ2v) is 5.29. The summed E-state index contributed by atoms with van der Waals surface area (Å²) in [5.74, 6) is -0.275. The quantitative estimate of drug-likeness (QED) is 0.873. The lowest BCUT2D eigenvalue weighted by Crippen LogP contribution is -2.51. The van der Waals surface area contributed by atoms with Gasteiger partial charge in [0.05, 0.1) is 0 Å².